The number of aromatic nitrogens is 15. The van der Waals surface area contributed by atoms with Gasteiger partial charge in [0.25, 0.3) is 16.7 Å². The zero-order valence-corrected chi connectivity index (χ0v) is 75.2. The number of carbonyl (C=O) groups excluding carboxylic acids is 3. The summed E-state index contributed by atoms with van der Waals surface area (Å²) in [5.41, 5.74) is -0.337. The predicted molar refractivity (Wildman–Crippen MR) is 479 cm³/mol. The largest absolute Gasteiger partial charge is 0.496 e. The molecule has 0 radical (unpaired) electrons. The van der Waals surface area contributed by atoms with Gasteiger partial charge in [-0.3, -0.25) is 42.9 Å². The molecule has 0 saturated carbocycles. The molecule has 2 N–H and O–H groups in total. The molecule has 3 aromatic carbocycles. The molecule has 43 heteroatoms. The Morgan fingerprint density at radius 1 is 0.426 bits per heavy atom. The van der Waals surface area contributed by atoms with Gasteiger partial charge in [0.1, 0.15) is 101 Å². The van der Waals surface area contributed by atoms with Crippen LogP contribution in [0.1, 0.15) is 145 Å². The van der Waals surface area contributed by atoms with Crippen molar-refractivity contribution in [1.29, 1.82) is 0 Å². The summed E-state index contributed by atoms with van der Waals surface area (Å²) in [6.45, 7) is 19.2. The van der Waals surface area contributed by atoms with Crippen LogP contribution >= 0.6 is 34.0 Å². The van der Waals surface area contributed by atoms with E-state index in [4.69, 9.17) is 42.6 Å². The molecule has 6 atom stereocenters. The van der Waals surface area contributed by atoms with Crippen LogP contribution in [0.3, 0.4) is 0 Å². The van der Waals surface area contributed by atoms with Gasteiger partial charge >= 0.3 is 17.1 Å². The molecule has 129 heavy (non-hydrogen) atoms. The highest BCUT2D eigenvalue weighted by molar-refractivity contribution is 7.22. The Bertz CT molecular complexity index is 6030. The highest BCUT2D eigenvalue weighted by Crippen LogP contribution is 2.39. The van der Waals surface area contributed by atoms with E-state index in [0.29, 0.717) is 138 Å². The number of aromatic amines is 1. The van der Waals surface area contributed by atoms with Crippen LogP contribution in [0.4, 0.5) is 13.2 Å². The number of methoxy groups -OCH3 is 6. The topological polar surface area (TPSA) is 399 Å². The lowest BCUT2D eigenvalue weighted by Gasteiger charge is -2.24. The monoisotopic (exact) mass is 1850 g/mol. The van der Waals surface area contributed by atoms with Crippen molar-refractivity contribution in [2.75, 3.05) is 109 Å². The minimum absolute atomic E-state index is 0. The SMILES string of the molecule is C.C.COCCO[C@@H](CO)c1cc(F)ccc1OC.COCCO[C@@H](Cn1c(=O)n(C2CCN(C(C)C)C2=O)c(=O)c2c(C)c(-n3nccn3)sc21)c1cc(F)ccc1OC.COCCO[C@@H](Cn1c(=O)n([C@H]2CCN(C(C)C)C2=O)c(=O)c2c(C)c(-n3nccn3)sc21)c1cc(F)ccc1OC.Cc1c(-n2nccn2)sc2[nH]c(=O)n(C3CCN(C(C)C)C3=O)c(=O)c12. The lowest BCUT2D eigenvalue weighted by atomic mass is 10.1. The summed E-state index contributed by atoms with van der Waals surface area (Å²) in [5.74, 6) is -0.909. The van der Waals surface area contributed by atoms with E-state index in [2.05, 4.69) is 35.6 Å². The van der Waals surface area contributed by atoms with Crippen molar-refractivity contribution in [3.63, 3.8) is 0 Å². The van der Waals surface area contributed by atoms with E-state index in [1.54, 1.807) is 55.0 Å². The number of likely N-dealkylation sites (tertiary alicyclic amines) is 3. The molecule has 3 amide bonds. The average molecular weight is 1850 g/mol. The third-order valence-electron chi connectivity index (χ3n) is 22.0. The predicted octanol–water partition coefficient (Wildman–Crippen LogP) is 9.32. The Morgan fingerprint density at radius 2 is 0.729 bits per heavy atom. The number of rotatable bonds is 32. The number of ether oxygens (including phenoxy) is 9. The molecule has 0 aliphatic carbocycles. The van der Waals surface area contributed by atoms with Crippen LogP contribution in [0, 0.1) is 38.2 Å². The van der Waals surface area contributed by atoms with Crippen molar-refractivity contribution in [1.82, 2.24) is 87.5 Å². The van der Waals surface area contributed by atoms with Crippen molar-refractivity contribution in [2.45, 2.75) is 164 Å². The van der Waals surface area contributed by atoms with Crippen molar-refractivity contribution in [2.24, 2.45) is 0 Å². The zero-order chi connectivity index (χ0) is 91.5. The van der Waals surface area contributed by atoms with Gasteiger partial charge in [0.15, 0.2) is 0 Å². The van der Waals surface area contributed by atoms with E-state index in [1.165, 1.54) is 172 Å². The molecule has 12 aromatic rings. The number of H-pyrrole nitrogens is 1. The molecule has 2 unspecified atom stereocenters. The number of carbonyl (C=O) groups is 3. The Balaban J connectivity index is 0.000000187. The standard InChI is InChI=1S/2C28H33FN6O6S.C16H18N6O3S.C12H17FO4.2CH4/c2*1-16(2)32-11-8-20(24(32)36)34-25(37)23-17(3)26(35-30-9-10-31-35)42-27(23)33(28(34)38)15-22(41-13-12-39-4)19-14-18(29)6-7-21(19)40-5;1-8(2)20-7-4-10(13(20)23)21-14(24)11-9(3)15(22-17-5-6-18-22)26-12(11)19-16(21)25;1-15-5-6-17-12(8-14)10-7-9(13)3-4-11(10)16-2;;/h2*6-7,9-10,14,16,20,22H,8,11-13,15H2,1-5H3;5-6,8,10H,4,7H2,1-3H3,(H,19,25);3-4,7,12,14H,5-6,8H2,1-2H3;2*1H4/t20?,22-;20-,22-;;12-;;/m00.0../s1. The van der Waals surface area contributed by atoms with Crippen LogP contribution in [0.5, 0.6) is 17.2 Å². The van der Waals surface area contributed by atoms with E-state index in [9.17, 15) is 61.4 Å². The maximum Gasteiger partial charge on any atom is 0.332 e. The number of aryl methyl sites for hydroxylation is 3. The van der Waals surface area contributed by atoms with Crippen LogP contribution in [-0.2, 0) is 55.9 Å². The second-order valence-corrected chi connectivity index (χ2v) is 33.5. The fourth-order valence-electron chi connectivity index (χ4n) is 15.7. The molecule has 3 saturated heterocycles. The van der Waals surface area contributed by atoms with Gasteiger partial charge in [0.2, 0.25) is 17.7 Å². The Hall–Kier alpha value is -11.7. The zero-order valence-electron chi connectivity index (χ0n) is 72.7. The van der Waals surface area contributed by atoms with E-state index < -0.39 is 87.6 Å². The van der Waals surface area contributed by atoms with Gasteiger partial charge in [-0.1, -0.05) is 48.9 Å². The Morgan fingerprint density at radius 3 is 1.04 bits per heavy atom. The number of amides is 3. The number of aliphatic hydroxyl groups is 1. The first-order chi connectivity index (χ1) is 61.0. The molecule has 15 rings (SSSR count). The summed E-state index contributed by atoms with van der Waals surface area (Å²) in [6, 6.07) is 9.44. The summed E-state index contributed by atoms with van der Waals surface area (Å²) in [7, 11) is 9.03. The van der Waals surface area contributed by atoms with E-state index in [0.717, 1.165) is 13.7 Å². The molecular weight excluding hydrogens is 1740 g/mol. The molecule has 3 aliphatic rings. The summed E-state index contributed by atoms with van der Waals surface area (Å²) in [5, 5.41) is 37.0. The lowest BCUT2D eigenvalue weighted by molar-refractivity contribution is -0.132. The van der Waals surface area contributed by atoms with Gasteiger partial charge in [-0.15, -0.1) is 14.4 Å². The van der Waals surface area contributed by atoms with E-state index in [-0.39, 0.29) is 108 Å². The second kappa shape index (κ2) is 44.1. The van der Waals surface area contributed by atoms with Crippen LogP contribution in [0.2, 0.25) is 0 Å². The summed E-state index contributed by atoms with van der Waals surface area (Å²) >= 11 is 3.60. The Kier molecular flexibility index (Phi) is 34.0. The van der Waals surface area contributed by atoms with Gasteiger partial charge < -0.3 is 62.4 Å². The molecule has 3 aliphatic heterocycles. The fourth-order valence-corrected chi connectivity index (χ4v) is 19.2. The number of aliphatic hydroxyl groups excluding tert-OH is 1. The minimum atomic E-state index is -0.954. The van der Waals surface area contributed by atoms with Gasteiger partial charge in [0, 0.05) is 92.5 Å². The van der Waals surface area contributed by atoms with Crippen molar-refractivity contribution >= 4 is 82.4 Å². The van der Waals surface area contributed by atoms with Crippen LogP contribution in [-0.4, -0.2) is 237 Å². The van der Waals surface area contributed by atoms with Gasteiger partial charge in [-0.2, -0.15) is 30.6 Å². The lowest BCUT2D eigenvalue weighted by Crippen LogP contribution is -2.45. The molecule has 0 spiro atoms. The molecule has 3 fully saturated rings. The number of halogens is 3. The van der Waals surface area contributed by atoms with Crippen molar-refractivity contribution in [3.05, 3.63) is 205 Å². The first-order valence-corrected chi connectivity index (χ1v) is 43.2. The third-order valence-corrected chi connectivity index (χ3v) is 25.7. The Labute approximate surface area is 751 Å². The van der Waals surface area contributed by atoms with Crippen molar-refractivity contribution in [3.8, 4) is 32.3 Å². The van der Waals surface area contributed by atoms with Gasteiger partial charge in [-0.05, 0) is 136 Å². The third kappa shape index (κ3) is 20.8. The first-order valence-electron chi connectivity index (χ1n) is 40.8. The molecule has 696 valence electrons. The van der Waals surface area contributed by atoms with E-state index in [1.807, 2.05) is 41.5 Å². The molecule has 9 aromatic heterocycles. The van der Waals surface area contributed by atoms with Crippen molar-refractivity contribution < 1.29 is 75.3 Å². The number of nitrogens with one attached hydrogen (secondary N) is 1. The normalized spacial score (nSPS) is 15.8. The van der Waals surface area contributed by atoms with Gasteiger partial charge in [0.05, 0.1) is 134 Å². The minimum Gasteiger partial charge on any atom is -0.496 e. The summed E-state index contributed by atoms with van der Waals surface area (Å²) in [6.07, 6.45) is 7.90. The maximum atomic E-state index is 14.5. The molecule has 37 nitrogen and oxygen atoms in total. The fraction of sp³-hybridized carbons (Fsp3) is 0.477. The molecule has 0 bridgehead atoms. The number of hydrogen-bond donors (Lipinski definition) is 2. The number of nitrogens with zero attached hydrogens (tertiary/aromatic N) is 17. The summed E-state index contributed by atoms with van der Waals surface area (Å²) in [4.78, 5) is 135. The van der Waals surface area contributed by atoms with Crippen LogP contribution in [0.25, 0.3) is 45.7 Å². The maximum absolute atomic E-state index is 14.5. The van der Waals surface area contributed by atoms with Crippen LogP contribution < -0.4 is 48.0 Å². The average Bonchev–Trinajstić information content (AvgIpc) is 1.64. The second-order valence-electron chi connectivity index (χ2n) is 30.5. The number of benzene rings is 3. The summed E-state index contributed by atoms with van der Waals surface area (Å²) < 4.78 is 97.0. The number of hydrogen-bond acceptors (Lipinski definition) is 28. The van der Waals surface area contributed by atoms with Crippen LogP contribution in [0.15, 0.2) is 121 Å². The smallest absolute Gasteiger partial charge is 0.332 e. The highest BCUT2D eigenvalue weighted by Gasteiger charge is 2.42. The van der Waals surface area contributed by atoms with Gasteiger partial charge in [-0.25, -0.2) is 41.3 Å². The first kappa shape index (κ1) is 99.5. The molecule has 12 heterocycles. The quantitative estimate of drug-likeness (QED) is 0.0371. The van der Waals surface area contributed by atoms with E-state index >= 15 is 0 Å². The molecular formula is C86H109F3N18O19S3. The number of thiophene rings is 3. The highest BCUT2D eigenvalue weighted by atomic mass is 32.1. The number of fused-ring (bicyclic) bond motifs is 3.